The first kappa shape index (κ1) is 15.7. The summed E-state index contributed by atoms with van der Waals surface area (Å²) < 4.78 is 0. The molecule has 0 aliphatic carbocycles. The average Bonchev–Trinajstić information content (AvgIpc) is 2.30. The molecule has 6 heteroatoms. The van der Waals surface area contributed by atoms with Gasteiger partial charge in [-0.2, -0.15) is 0 Å². The topological polar surface area (TPSA) is 81.7 Å². The number of amides is 2. The summed E-state index contributed by atoms with van der Waals surface area (Å²) in [6, 6.07) is -0.163. The molecule has 0 aromatic rings. The van der Waals surface area contributed by atoms with E-state index in [2.05, 4.69) is 10.6 Å². The second-order valence-corrected chi connectivity index (χ2v) is 4.08. The minimum atomic E-state index is -0.824. The third kappa shape index (κ3) is 7.57. The predicted molar refractivity (Wildman–Crippen MR) is 66.0 cm³/mol. The minimum absolute atomic E-state index is 0.00542. The molecule has 0 rings (SSSR count). The highest BCUT2D eigenvalue weighted by Crippen LogP contribution is 2.06. The van der Waals surface area contributed by atoms with Crippen molar-refractivity contribution in [2.75, 3.05) is 33.7 Å². The maximum Gasteiger partial charge on any atom is 0.317 e. The van der Waals surface area contributed by atoms with Crippen LogP contribution in [0.25, 0.3) is 0 Å². The summed E-state index contributed by atoms with van der Waals surface area (Å²) in [5.41, 5.74) is 0. The molecule has 0 saturated carbocycles. The van der Waals surface area contributed by atoms with Crippen molar-refractivity contribution in [1.29, 1.82) is 0 Å². The summed E-state index contributed by atoms with van der Waals surface area (Å²) in [6.45, 7) is 3.68. The van der Waals surface area contributed by atoms with Gasteiger partial charge < -0.3 is 20.6 Å². The Morgan fingerprint density at radius 3 is 2.53 bits per heavy atom. The lowest BCUT2D eigenvalue weighted by Gasteiger charge is -2.20. The van der Waals surface area contributed by atoms with Crippen molar-refractivity contribution < 1.29 is 14.7 Å². The van der Waals surface area contributed by atoms with E-state index in [1.54, 1.807) is 11.9 Å². The second-order valence-electron chi connectivity index (χ2n) is 4.08. The molecule has 0 aromatic heterocycles. The molecule has 0 heterocycles. The number of aliphatic carboxylic acids is 1. The van der Waals surface area contributed by atoms with Crippen LogP contribution in [0.2, 0.25) is 0 Å². The normalized spacial score (nSPS) is 11.9. The molecule has 2 amide bonds. The van der Waals surface area contributed by atoms with Crippen molar-refractivity contribution >= 4 is 12.0 Å². The quantitative estimate of drug-likeness (QED) is 0.576. The number of carboxylic acid groups (broad SMARTS) is 1. The lowest BCUT2D eigenvalue weighted by atomic mass is 10.0. The van der Waals surface area contributed by atoms with Gasteiger partial charge in [0.25, 0.3) is 0 Å². The Morgan fingerprint density at radius 2 is 2.06 bits per heavy atom. The molecule has 6 nitrogen and oxygen atoms in total. The lowest BCUT2D eigenvalue weighted by molar-refractivity contribution is -0.138. The summed E-state index contributed by atoms with van der Waals surface area (Å²) in [5.74, 6) is -0.830. The Morgan fingerprint density at radius 1 is 1.41 bits per heavy atom. The van der Waals surface area contributed by atoms with Crippen LogP contribution in [0.4, 0.5) is 4.79 Å². The Labute approximate surface area is 102 Å². The molecular formula is C11H23N3O3. The highest BCUT2D eigenvalue weighted by molar-refractivity contribution is 5.74. The molecule has 0 radical (unpaired) electrons. The maximum absolute atomic E-state index is 11.6. The summed E-state index contributed by atoms with van der Waals surface area (Å²) in [6.07, 6.45) is 0.837. The van der Waals surface area contributed by atoms with Gasteiger partial charge in [-0.15, -0.1) is 0 Å². The van der Waals surface area contributed by atoms with Crippen molar-refractivity contribution in [3.63, 3.8) is 0 Å². The highest BCUT2D eigenvalue weighted by atomic mass is 16.4. The summed E-state index contributed by atoms with van der Waals surface area (Å²) in [5, 5.41) is 14.4. The Bertz CT molecular complexity index is 246. The molecule has 1 atom stereocenters. The van der Waals surface area contributed by atoms with Crippen LogP contribution < -0.4 is 10.6 Å². The van der Waals surface area contributed by atoms with E-state index in [1.165, 1.54) is 0 Å². The van der Waals surface area contributed by atoms with Crippen molar-refractivity contribution in [3.05, 3.63) is 0 Å². The van der Waals surface area contributed by atoms with Gasteiger partial charge in [0.15, 0.2) is 0 Å². The van der Waals surface area contributed by atoms with E-state index < -0.39 is 5.97 Å². The highest BCUT2D eigenvalue weighted by Gasteiger charge is 2.14. The fourth-order valence-electron chi connectivity index (χ4n) is 1.36. The number of likely N-dealkylation sites (N-methyl/N-ethyl adjacent to an activating group) is 2. The molecule has 0 aromatic carbocycles. The van der Waals surface area contributed by atoms with Crippen molar-refractivity contribution in [3.8, 4) is 0 Å². The van der Waals surface area contributed by atoms with E-state index in [-0.39, 0.29) is 18.4 Å². The fourth-order valence-corrected chi connectivity index (χ4v) is 1.36. The van der Waals surface area contributed by atoms with Gasteiger partial charge in [-0.3, -0.25) is 4.79 Å². The first-order valence-electron chi connectivity index (χ1n) is 5.86. The number of carbonyl (C=O) groups is 2. The van der Waals surface area contributed by atoms with E-state index in [0.29, 0.717) is 13.1 Å². The van der Waals surface area contributed by atoms with E-state index in [9.17, 15) is 9.59 Å². The van der Waals surface area contributed by atoms with Gasteiger partial charge in [0, 0.05) is 33.1 Å². The number of nitrogens with one attached hydrogen (secondary N) is 2. The van der Waals surface area contributed by atoms with E-state index in [4.69, 9.17) is 5.11 Å². The molecule has 0 saturated heterocycles. The first-order valence-corrected chi connectivity index (χ1v) is 5.86. The number of nitrogens with zero attached hydrogens (tertiary/aromatic N) is 1. The molecule has 0 fully saturated rings. The molecule has 1 unspecified atom stereocenters. The van der Waals surface area contributed by atoms with Gasteiger partial charge in [0.1, 0.15) is 0 Å². The molecule has 0 spiro atoms. The molecule has 100 valence electrons. The summed E-state index contributed by atoms with van der Waals surface area (Å²) in [7, 11) is 3.54. The van der Waals surface area contributed by atoms with Crippen LogP contribution in [-0.2, 0) is 4.79 Å². The zero-order chi connectivity index (χ0) is 13.3. The number of urea groups is 1. The number of carboxylic acids is 1. The number of hydrogen-bond donors (Lipinski definition) is 3. The van der Waals surface area contributed by atoms with Gasteiger partial charge >= 0.3 is 12.0 Å². The Hall–Kier alpha value is -1.30. The van der Waals surface area contributed by atoms with Crippen LogP contribution in [0, 0.1) is 5.92 Å². The Kier molecular flexibility index (Phi) is 8.13. The van der Waals surface area contributed by atoms with Gasteiger partial charge in [-0.1, -0.05) is 13.3 Å². The molecule has 17 heavy (non-hydrogen) atoms. The zero-order valence-corrected chi connectivity index (χ0v) is 10.8. The predicted octanol–water partition coefficient (Wildman–Crippen LogP) is 0.348. The van der Waals surface area contributed by atoms with Crippen LogP contribution in [0.5, 0.6) is 0 Å². The van der Waals surface area contributed by atoms with Crippen LogP contribution >= 0.6 is 0 Å². The molecule has 0 aliphatic rings. The number of hydrogen-bond acceptors (Lipinski definition) is 3. The van der Waals surface area contributed by atoms with E-state index in [0.717, 1.165) is 13.0 Å². The number of rotatable bonds is 8. The SMILES string of the molecule is CCC(CNC(=O)N(C)CCNC)CC(=O)O. The third-order valence-electron chi connectivity index (χ3n) is 2.63. The van der Waals surface area contributed by atoms with Crippen LogP contribution in [0.15, 0.2) is 0 Å². The second kappa shape index (κ2) is 8.81. The van der Waals surface area contributed by atoms with Gasteiger partial charge in [0.2, 0.25) is 0 Å². The number of carbonyl (C=O) groups excluding carboxylic acids is 1. The zero-order valence-electron chi connectivity index (χ0n) is 10.8. The maximum atomic E-state index is 11.6. The van der Waals surface area contributed by atoms with Gasteiger partial charge in [-0.05, 0) is 13.0 Å². The van der Waals surface area contributed by atoms with Crippen LogP contribution in [-0.4, -0.2) is 55.7 Å². The van der Waals surface area contributed by atoms with E-state index >= 15 is 0 Å². The monoisotopic (exact) mass is 245 g/mol. The molecule has 0 aliphatic heterocycles. The first-order chi connectivity index (χ1) is 8.01. The fraction of sp³-hybridized carbons (Fsp3) is 0.818. The molecule has 0 bridgehead atoms. The standard InChI is InChI=1S/C11H23N3O3/c1-4-9(7-10(15)16)8-13-11(17)14(3)6-5-12-2/h9,12H,4-8H2,1-3H3,(H,13,17)(H,15,16). The van der Waals surface area contributed by atoms with Gasteiger partial charge in [0.05, 0.1) is 0 Å². The van der Waals surface area contributed by atoms with Crippen LogP contribution in [0.1, 0.15) is 19.8 Å². The smallest absolute Gasteiger partial charge is 0.317 e. The summed E-state index contributed by atoms with van der Waals surface area (Å²) >= 11 is 0. The Balaban J connectivity index is 3.90. The van der Waals surface area contributed by atoms with Crippen LogP contribution in [0.3, 0.4) is 0 Å². The summed E-state index contributed by atoms with van der Waals surface area (Å²) in [4.78, 5) is 23.7. The molecule has 3 N–H and O–H groups in total. The van der Waals surface area contributed by atoms with Crippen molar-refractivity contribution in [2.45, 2.75) is 19.8 Å². The largest absolute Gasteiger partial charge is 0.481 e. The minimum Gasteiger partial charge on any atom is -0.481 e. The van der Waals surface area contributed by atoms with E-state index in [1.807, 2.05) is 14.0 Å². The van der Waals surface area contributed by atoms with Gasteiger partial charge in [-0.25, -0.2) is 4.79 Å². The van der Waals surface area contributed by atoms with Crippen molar-refractivity contribution in [2.24, 2.45) is 5.92 Å². The molecular weight excluding hydrogens is 222 g/mol. The van der Waals surface area contributed by atoms with Crippen molar-refractivity contribution in [1.82, 2.24) is 15.5 Å². The lowest BCUT2D eigenvalue weighted by Crippen LogP contribution is -2.42. The third-order valence-corrected chi connectivity index (χ3v) is 2.63. The average molecular weight is 245 g/mol.